The van der Waals surface area contributed by atoms with E-state index in [0.29, 0.717) is 23.8 Å². The van der Waals surface area contributed by atoms with Crippen LogP contribution in [0.5, 0.6) is 11.5 Å². The molecule has 1 saturated carbocycles. The standard InChI is InChI=1S/C19H17NO4/c21-18(20-11-13-10-16(13)17(20)19(22)23)12-6-8-15(9-7-12)24-14-4-2-1-3-5-14/h1-9,13,16-17H,10-11H2,(H,22,23)/t13-,16-,17+/m0/s1. The molecular weight excluding hydrogens is 306 g/mol. The zero-order chi connectivity index (χ0) is 16.7. The van der Waals surface area contributed by atoms with Crippen molar-refractivity contribution in [3.8, 4) is 11.5 Å². The van der Waals surface area contributed by atoms with Gasteiger partial charge in [0.15, 0.2) is 0 Å². The lowest BCUT2D eigenvalue weighted by Crippen LogP contribution is -2.43. The molecule has 2 aromatic carbocycles. The zero-order valence-electron chi connectivity index (χ0n) is 13.0. The number of nitrogens with zero attached hydrogens (tertiary/aromatic N) is 1. The highest BCUT2D eigenvalue weighted by Crippen LogP contribution is 2.49. The fourth-order valence-corrected chi connectivity index (χ4v) is 3.45. The van der Waals surface area contributed by atoms with Crippen LogP contribution in [0.3, 0.4) is 0 Å². The van der Waals surface area contributed by atoms with Gasteiger partial charge in [0.05, 0.1) is 0 Å². The van der Waals surface area contributed by atoms with E-state index in [2.05, 4.69) is 0 Å². The molecule has 0 unspecified atom stereocenters. The predicted molar refractivity (Wildman–Crippen MR) is 87.0 cm³/mol. The molecule has 0 bridgehead atoms. The third-order valence-electron chi connectivity index (χ3n) is 4.74. The van der Waals surface area contributed by atoms with Crippen LogP contribution in [0.25, 0.3) is 0 Å². The summed E-state index contributed by atoms with van der Waals surface area (Å²) in [6.07, 6.45) is 0.921. The molecule has 2 aromatic rings. The lowest BCUT2D eigenvalue weighted by atomic mass is 10.1. The van der Waals surface area contributed by atoms with Gasteiger partial charge < -0.3 is 14.7 Å². The molecule has 1 N–H and O–H groups in total. The van der Waals surface area contributed by atoms with Crippen molar-refractivity contribution in [1.29, 1.82) is 0 Å². The van der Waals surface area contributed by atoms with Crippen molar-refractivity contribution in [2.75, 3.05) is 6.54 Å². The van der Waals surface area contributed by atoms with E-state index in [4.69, 9.17) is 4.74 Å². The molecule has 5 heteroatoms. The van der Waals surface area contributed by atoms with Crippen LogP contribution in [0.4, 0.5) is 0 Å². The topological polar surface area (TPSA) is 66.8 Å². The van der Waals surface area contributed by atoms with Gasteiger partial charge in [-0.2, -0.15) is 0 Å². The number of benzene rings is 2. The number of rotatable bonds is 4. The van der Waals surface area contributed by atoms with Crippen molar-refractivity contribution >= 4 is 11.9 Å². The van der Waals surface area contributed by atoms with Crippen molar-refractivity contribution < 1.29 is 19.4 Å². The Morgan fingerprint density at radius 2 is 1.67 bits per heavy atom. The molecule has 24 heavy (non-hydrogen) atoms. The first-order chi connectivity index (χ1) is 11.6. The smallest absolute Gasteiger partial charge is 0.326 e. The average molecular weight is 323 g/mol. The average Bonchev–Trinajstić information content (AvgIpc) is 3.25. The molecule has 122 valence electrons. The number of carbonyl (C=O) groups is 2. The summed E-state index contributed by atoms with van der Waals surface area (Å²) in [6.45, 7) is 0.544. The van der Waals surface area contributed by atoms with E-state index >= 15 is 0 Å². The molecule has 1 heterocycles. The first-order valence-electron chi connectivity index (χ1n) is 8.00. The molecular formula is C19H17NO4. The molecule has 2 aliphatic rings. The van der Waals surface area contributed by atoms with E-state index in [9.17, 15) is 14.7 Å². The van der Waals surface area contributed by atoms with Gasteiger partial charge >= 0.3 is 5.97 Å². The third kappa shape index (κ3) is 2.62. The SMILES string of the molecule is O=C(O)[C@H]1[C@H]2C[C@H]2CN1C(=O)c1ccc(Oc2ccccc2)cc1. The second kappa shape index (κ2) is 5.67. The van der Waals surface area contributed by atoms with Crippen LogP contribution in [0, 0.1) is 11.8 Å². The first-order valence-corrected chi connectivity index (χ1v) is 8.00. The van der Waals surface area contributed by atoms with Crippen LogP contribution in [-0.2, 0) is 4.79 Å². The van der Waals surface area contributed by atoms with Gasteiger partial charge in [-0.05, 0) is 54.7 Å². The number of para-hydroxylation sites is 1. The van der Waals surface area contributed by atoms with E-state index < -0.39 is 12.0 Å². The summed E-state index contributed by atoms with van der Waals surface area (Å²) in [4.78, 5) is 25.5. The number of hydrogen-bond donors (Lipinski definition) is 1. The number of carboxylic acid groups (broad SMARTS) is 1. The van der Waals surface area contributed by atoms with Gasteiger partial charge in [-0.15, -0.1) is 0 Å². The largest absolute Gasteiger partial charge is 0.480 e. The summed E-state index contributed by atoms with van der Waals surface area (Å²) in [7, 11) is 0. The molecule has 1 aliphatic carbocycles. The van der Waals surface area contributed by atoms with Gasteiger partial charge in [-0.1, -0.05) is 18.2 Å². The third-order valence-corrected chi connectivity index (χ3v) is 4.74. The number of aliphatic carboxylic acids is 1. The van der Waals surface area contributed by atoms with Crippen LogP contribution >= 0.6 is 0 Å². The summed E-state index contributed by atoms with van der Waals surface area (Å²) in [5.74, 6) is 0.722. The first kappa shape index (κ1) is 14.8. The number of hydrogen-bond acceptors (Lipinski definition) is 3. The van der Waals surface area contributed by atoms with Gasteiger partial charge in [0.1, 0.15) is 17.5 Å². The Kier molecular flexibility index (Phi) is 3.49. The zero-order valence-corrected chi connectivity index (χ0v) is 13.0. The number of piperidine rings is 1. The monoisotopic (exact) mass is 323 g/mol. The van der Waals surface area contributed by atoms with Crippen molar-refractivity contribution in [2.24, 2.45) is 11.8 Å². The maximum absolute atomic E-state index is 12.6. The lowest BCUT2D eigenvalue weighted by molar-refractivity contribution is -0.142. The molecule has 0 aromatic heterocycles. The highest BCUT2D eigenvalue weighted by molar-refractivity contribution is 5.97. The number of carboxylic acids is 1. The minimum absolute atomic E-state index is 0.132. The Morgan fingerprint density at radius 1 is 1.00 bits per heavy atom. The molecule has 1 amide bonds. The molecule has 4 rings (SSSR count). The van der Waals surface area contributed by atoms with E-state index in [1.807, 2.05) is 30.3 Å². The fraction of sp³-hybridized carbons (Fsp3) is 0.263. The predicted octanol–water partition coefficient (Wildman–Crippen LogP) is 3.02. The number of amides is 1. The Bertz CT molecular complexity index is 772. The van der Waals surface area contributed by atoms with E-state index in [0.717, 1.165) is 12.2 Å². The van der Waals surface area contributed by atoms with Crippen molar-refractivity contribution in [3.05, 3.63) is 60.2 Å². The quantitative estimate of drug-likeness (QED) is 0.939. The van der Waals surface area contributed by atoms with Crippen LogP contribution in [0.1, 0.15) is 16.8 Å². The lowest BCUT2D eigenvalue weighted by Gasteiger charge is -2.24. The Morgan fingerprint density at radius 3 is 2.33 bits per heavy atom. The van der Waals surface area contributed by atoms with Crippen LogP contribution in [-0.4, -0.2) is 34.5 Å². The van der Waals surface area contributed by atoms with Crippen molar-refractivity contribution in [1.82, 2.24) is 4.90 Å². The normalized spacial score (nSPS) is 24.3. The summed E-state index contributed by atoms with van der Waals surface area (Å²) in [5, 5.41) is 9.37. The second-order valence-electron chi connectivity index (χ2n) is 6.34. The molecule has 3 atom stereocenters. The van der Waals surface area contributed by atoms with Crippen LogP contribution < -0.4 is 4.74 Å². The summed E-state index contributed by atoms with van der Waals surface area (Å²) in [6, 6.07) is 15.5. The molecule has 0 spiro atoms. The van der Waals surface area contributed by atoms with Crippen LogP contribution in [0.15, 0.2) is 54.6 Å². The van der Waals surface area contributed by atoms with Crippen LogP contribution in [0.2, 0.25) is 0 Å². The summed E-state index contributed by atoms with van der Waals surface area (Å²) >= 11 is 0. The van der Waals surface area contributed by atoms with Gasteiger partial charge in [-0.3, -0.25) is 4.79 Å². The maximum atomic E-state index is 12.6. The Labute approximate surface area is 139 Å². The van der Waals surface area contributed by atoms with Gasteiger partial charge in [0.2, 0.25) is 0 Å². The minimum atomic E-state index is -0.905. The molecule has 1 aliphatic heterocycles. The molecule has 1 saturated heterocycles. The molecule has 5 nitrogen and oxygen atoms in total. The van der Waals surface area contributed by atoms with E-state index in [-0.39, 0.29) is 11.8 Å². The van der Waals surface area contributed by atoms with Crippen molar-refractivity contribution in [3.63, 3.8) is 0 Å². The second-order valence-corrected chi connectivity index (χ2v) is 6.34. The summed E-state index contributed by atoms with van der Waals surface area (Å²) in [5.41, 5.74) is 0.489. The van der Waals surface area contributed by atoms with Gasteiger partial charge in [0.25, 0.3) is 5.91 Å². The minimum Gasteiger partial charge on any atom is -0.480 e. The number of carbonyl (C=O) groups excluding carboxylic acids is 1. The number of likely N-dealkylation sites (tertiary alicyclic amines) is 1. The molecule has 2 fully saturated rings. The number of ether oxygens (including phenoxy) is 1. The van der Waals surface area contributed by atoms with Gasteiger partial charge in [-0.25, -0.2) is 4.79 Å². The fourth-order valence-electron chi connectivity index (χ4n) is 3.45. The summed E-state index contributed by atoms with van der Waals surface area (Å²) < 4.78 is 5.70. The Balaban J connectivity index is 1.48. The highest BCUT2D eigenvalue weighted by Gasteiger charge is 2.57. The van der Waals surface area contributed by atoms with E-state index in [1.165, 1.54) is 4.90 Å². The Hall–Kier alpha value is -2.82. The van der Waals surface area contributed by atoms with Crippen molar-refractivity contribution in [2.45, 2.75) is 12.5 Å². The number of fused-ring (bicyclic) bond motifs is 1. The molecule has 0 radical (unpaired) electrons. The van der Waals surface area contributed by atoms with Gasteiger partial charge in [0, 0.05) is 12.1 Å². The van der Waals surface area contributed by atoms with E-state index in [1.54, 1.807) is 24.3 Å². The maximum Gasteiger partial charge on any atom is 0.326 e. The highest BCUT2D eigenvalue weighted by atomic mass is 16.5.